The molecule has 0 radical (unpaired) electrons. The van der Waals surface area contributed by atoms with Crippen molar-refractivity contribution in [2.45, 2.75) is 25.9 Å². The number of anilines is 1. The summed E-state index contributed by atoms with van der Waals surface area (Å²) in [6.07, 6.45) is -0.838. The van der Waals surface area contributed by atoms with E-state index in [0.29, 0.717) is 18.7 Å². The standard InChI is InChI=1S/C13H14F3NO/c1-8(18)4-11-12(15)5-10(6-13(11)16)17-3-2-9(14)7-17/h5-6,9H,2-4,7H2,1H3/t9-/m0/s1. The van der Waals surface area contributed by atoms with Crippen LogP contribution in [0.25, 0.3) is 0 Å². The molecule has 0 aromatic heterocycles. The van der Waals surface area contributed by atoms with Gasteiger partial charge in [0.1, 0.15) is 23.6 Å². The fraction of sp³-hybridized carbons (Fsp3) is 0.462. The topological polar surface area (TPSA) is 20.3 Å². The van der Waals surface area contributed by atoms with Crippen LogP contribution >= 0.6 is 0 Å². The highest BCUT2D eigenvalue weighted by molar-refractivity contribution is 5.78. The first kappa shape index (κ1) is 12.9. The zero-order chi connectivity index (χ0) is 13.3. The molecule has 0 N–H and O–H groups in total. The summed E-state index contributed by atoms with van der Waals surface area (Å²) in [5.74, 6) is -1.80. The van der Waals surface area contributed by atoms with Crippen LogP contribution in [0.3, 0.4) is 0 Å². The number of halogens is 3. The fourth-order valence-corrected chi connectivity index (χ4v) is 2.14. The van der Waals surface area contributed by atoms with Gasteiger partial charge in [0, 0.05) is 30.8 Å². The number of ketones is 1. The van der Waals surface area contributed by atoms with E-state index >= 15 is 0 Å². The minimum Gasteiger partial charge on any atom is -0.368 e. The highest BCUT2D eigenvalue weighted by Gasteiger charge is 2.24. The summed E-state index contributed by atoms with van der Waals surface area (Å²) in [6.45, 7) is 1.89. The zero-order valence-electron chi connectivity index (χ0n) is 10.0. The van der Waals surface area contributed by atoms with E-state index < -0.39 is 17.8 Å². The molecular weight excluding hydrogens is 243 g/mol. The Bertz CT molecular complexity index is 452. The molecule has 2 rings (SSSR count). The van der Waals surface area contributed by atoms with Crippen LogP contribution < -0.4 is 4.90 Å². The third-order valence-corrected chi connectivity index (χ3v) is 3.05. The molecule has 1 aromatic rings. The summed E-state index contributed by atoms with van der Waals surface area (Å²) >= 11 is 0. The van der Waals surface area contributed by atoms with Crippen molar-refractivity contribution >= 4 is 11.5 Å². The van der Waals surface area contributed by atoms with E-state index in [2.05, 4.69) is 0 Å². The van der Waals surface area contributed by atoms with Crippen molar-refractivity contribution in [2.75, 3.05) is 18.0 Å². The molecule has 0 unspecified atom stereocenters. The maximum Gasteiger partial charge on any atom is 0.134 e. The molecule has 0 amide bonds. The third-order valence-electron chi connectivity index (χ3n) is 3.05. The lowest BCUT2D eigenvalue weighted by Crippen LogP contribution is -2.20. The number of nitrogens with zero attached hydrogens (tertiary/aromatic N) is 1. The summed E-state index contributed by atoms with van der Waals surface area (Å²) in [4.78, 5) is 12.5. The van der Waals surface area contributed by atoms with E-state index in [9.17, 15) is 18.0 Å². The number of carbonyl (C=O) groups is 1. The molecule has 1 heterocycles. The normalized spacial score (nSPS) is 19.3. The number of alkyl halides is 1. The van der Waals surface area contributed by atoms with Gasteiger partial charge in [0.2, 0.25) is 0 Å². The molecule has 98 valence electrons. The molecule has 2 nitrogen and oxygen atoms in total. The fourth-order valence-electron chi connectivity index (χ4n) is 2.14. The number of rotatable bonds is 3. The van der Waals surface area contributed by atoms with Crippen LogP contribution in [0.1, 0.15) is 18.9 Å². The van der Waals surface area contributed by atoms with Crippen molar-refractivity contribution in [3.63, 3.8) is 0 Å². The number of Topliss-reactive ketones (excluding diaryl/α,β-unsaturated/α-hetero) is 1. The molecule has 1 aliphatic heterocycles. The number of carbonyl (C=O) groups excluding carboxylic acids is 1. The summed E-state index contributed by atoms with van der Waals surface area (Å²) in [5.41, 5.74) is 0.111. The van der Waals surface area contributed by atoms with Crippen LogP contribution in [-0.2, 0) is 11.2 Å². The lowest BCUT2D eigenvalue weighted by molar-refractivity contribution is -0.116. The maximum atomic E-state index is 13.7. The molecule has 1 saturated heterocycles. The van der Waals surface area contributed by atoms with Crippen molar-refractivity contribution in [3.8, 4) is 0 Å². The third kappa shape index (κ3) is 2.66. The highest BCUT2D eigenvalue weighted by atomic mass is 19.1. The Kier molecular flexibility index (Phi) is 3.59. The number of hydrogen-bond acceptors (Lipinski definition) is 2. The Morgan fingerprint density at radius 3 is 2.44 bits per heavy atom. The van der Waals surface area contributed by atoms with Crippen LogP contribution in [0.5, 0.6) is 0 Å². The molecule has 1 aliphatic rings. The molecule has 0 aliphatic carbocycles. The molecule has 0 saturated carbocycles. The average molecular weight is 257 g/mol. The second-order valence-corrected chi connectivity index (χ2v) is 4.60. The Morgan fingerprint density at radius 2 is 2.00 bits per heavy atom. The first-order valence-electron chi connectivity index (χ1n) is 5.83. The van der Waals surface area contributed by atoms with Crippen molar-refractivity contribution in [3.05, 3.63) is 29.3 Å². The zero-order valence-corrected chi connectivity index (χ0v) is 10.0. The first-order chi connectivity index (χ1) is 8.47. The van der Waals surface area contributed by atoms with E-state index in [-0.39, 0.29) is 24.3 Å². The lowest BCUT2D eigenvalue weighted by atomic mass is 10.1. The van der Waals surface area contributed by atoms with Gasteiger partial charge in [-0.25, -0.2) is 13.2 Å². The first-order valence-corrected chi connectivity index (χ1v) is 5.83. The van der Waals surface area contributed by atoms with Gasteiger partial charge in [-0.1, -0.05) is 0 Å². The van der Waals surface area contributed by atoms with Gasteiger partial charge in [-0.3, -0.25) is 4.79 Å². The number of hydrogen-bond donors (Lipinski definition) is 0. The Hall–Kier alpha value is -1.52. The largest absolute Gasteiger partial charge is 0.368 e. The van der Waals surface area contributed by atoms with E-state index in [0.717, 1.165) is 0 Å². The maximum absolute atomic E-state index is 13.7. The van der Waals surface area contributed by atoms with Gasteiger partial charge >= 0.3 is 0 Å². The van der Waals surface area contributed by atoms with Gasteiger partial charge in [-0.15, -0.1) is 0 Å². The molecule has 1 fully saturated rings. The van der Waals surface area contributed by atoms with Crippen molar-refractivity contribution in [1.82, 2.24) is 0 Å². The predicted octanol–water partition coefficient (Wildman–Crippen LogP) is 2.64. The van der Waals surface area contributed by atoms with Crippen LogP contribution in [0.4, 0.5) is 18.9 Å². The van der Waals surface area contributed by atoms with Gasteiger partial charge < -0.3 is 4.90 Å². The smallest absolute Gasteiger partial charge is 0.134 e. The quantitative estimate of drug-likeness (QED) is 0.829. The van der Waals surface area contributed by atoms with E-state index in [4.69, 9.17) is 0 Å². The van der Waals surface area contributed by atoms with Gasteiger partial charge in [0.25, 0.3) is 0 Å². The van der Waals surface area contributed by atoms with Crippen molar-refractivity contribution in [1.29, 1.82) is 0 Å². The van der Waals surface area contributed by atoms with Crippen molar-refractivity contribution < 1.29 is 18.0 Å². The predicted molar refractivity (Wildman–Crippen MR) is 62.5 cm³/mol. The minimum absolute atomic E-state index is 0.158. The summed E-state index contributed by atoms with van der Waals surface area (Å²) in [5, 5.41) is 0. The second-order valence-electron chi connectivity index (χ2n) is 4.60. The van der Waals surface area contributed by atoms with E-state index in [1.807, 2.05) is 0 Å². The minimum atomic E-state index is -0.951. The summed E-state index contributed by atoms with van der Waals surface area (Å²) in [7, 11) is 0. The monoisotopic (exact) mass is 257 g/mol. The van der Waals surface area contributed by atoms with Crippen LogP contribution in [0.2, 0.25) is 0 Å². The SMILES string of the molecule is CC(=O)Cc1c(F)cc(N2CC[C@H](F)C2)cc1F. The summed E-state index contributed by atoms with van der Waals surface area (Å²) in [6, 6.07) is 2.33. The molecular formula is C13H14F3NO. The molecule has 5 heteroatoms. The molecule has 1 atom stereocenters. The van der Waals surface area contributed by atoms with Gasteiger partial charge in [0.15, 0.2) is 0 Å². The highest BCUT2D eigenvalue weighted by Crippen LogP contribution is 2.26. The van der Waals surface area contributed by atoms with Gasteiger partial charge in [-0.2, -0.15) is 0 Å². The molecule has 0 spiro atoms. The number of benzene rings is 1. The lowest BCUT2D eigenvalue weighted by Gasteiger charge is -2.18. The second kappa shape index (κ2) is 5.00. The summed E-state index contributed by atoms with van der Waals surface area (Å²) < 4.78 is 40.5. The van der Waals surface area contributed by atoms with Crippen LogP contribution in [0, 0.1) is 11.6 Å². The van der Waals surface area contributed by atoms with E-state index in [1.165, 1.54) is 19.1 Å². The average Bonchev–Trinajstić information content (AvgIpc) is 2.70. The molecule has 18 heavy (non-hydrogen) atoms. The van der Waals surface area contributed by atoms with Gasteiger partial charge in [0.05, 0.1) is 0 Å². The van der Waals surface area contributed by atoms with Gasteiger partial charge in [-0.05, 0) is 25.5 Å². The van der Waals surface area contributed by atoms with Crippen LogP contribution in [0.15, 0.2) is 12.1 Å². The molecule has 1 aromatic carbocycles. The van der Waals surface area contributed by atoms with E-state index in [1.54, 1.807) is 4.90 Å². The van der Waals surface area contributed by atoms with Crippen LogP contribution in [-0.4, -0.2) is 25.0 Å². The van der Waals surface area contributed by atoms with Crippen molar-refractivity contribution in [2.24, 2.45) is 0 Å². The molecule has 0 bridgehead atoms. The Balaban J connectivity index is 2.27. The Labute approximate surface area is 103 Å². The Morgan fingerprint density at radius 1 is 1.39 bits per heavy atom.